The van der Waals surface area contributed by atoms with Gasteiger partial charge in [0.05, 0.1) is 33.9 Å². The van der Waals surface area contributed by atoms with Crippen molar-refractivity contribution in [2.45, 2.75) is 74.9 Å². The van der Waals surface area contributed by atoms with Gasteiger partial charge in [0.25, 0.3) is 5.91 Å². The van der Waals surface area contributed by atoms with Crippen LogP contribution in [-0.4, -0.2) is 41.5 Å². The van der Waals surface area contributed by atoms with E-state index in [0.29, 0.717) is 51.1 Å². The van der Waals surface area contributed by atoms with E-state index in [1.165, 1.54) is 12.1 Å². The number of hydrogen-bond acceptors (Lipinski definition) is 9. The zero-order valence-corrected chi connectivity index (χ0v) is 26.3. The van der Waals surface area contributed by atoms with E-state index in [1.807, 2.05) is 10.8 Å². The van der Waals surface area contributed by atoms with Crippen molar-refractivity contribution in [2.24, 2.45) is 0 Å². The molecule has 0 unspecified atom stereocenters. The predicted octanol–water partition coefficient (Wildman–Crippen LogP) is 6.83. The molecule has 4 fully saturated rings. The molecule has 8 rings (SSSR count). The van der Waals surface area contributed by atoms with Crippen molar-refractivity contribution in [3.05, 3.63) is 75.3 Å². The van der Waals surface area contributed by atoms with Crippen LogP contribution >= 0.6 is 23.2 Å². The lowest BCUT2D eigenvalue weighted by Crippen LogP contribution is -2.49. The van der Waals surface area contributed by atoms with E-state index in [0.717, 1.165) is 68.9 Å². The number of amides is 1. The Labute approximate surface area is 264 Å². The molecule has 2 aromatic heterocycles. The van der Waals surface area contributed by atoms with E-state index in [-0.39, 0.29) is 16.6 Å². The number of benzene rings is 2. The highest BCUT2D eigenvalue weighted by Crippen LogP contribution is 2.55. The Morgan fingerprint density at radius 1 is 0.977 bits per heavy atom. The van der Waals surface area contributed by atoms with Crippen LogP contribution in [0.4, 0.5) is 0 Å². The summed E-state index contributed by atoms with van der Waals surface area (Å²) in [7, 11) is -3.65. The second-order valence-corrected chi connectivity index (χ2v) is 14.8. The van der Waals surface area contributed by atoms with E-state index >= 15 is 0 Å². The zero-order valence-electron chi connectivity index (χ0n) is 23.9. The first-order chi connectivity index (χ1) is 21.0. The molecular formula is C31H30Cl2N4O6S. The molecule has 2 bridgehead atoms. The minimum atomic E-state index is -3.65. The number of ether oxygens (including phenoxy) is 1. The van der Waals surface area contributed by atoms with E-state index in [1.54, 1.807) is 24.3 Å². The van der Waals surface area contributed by atoms with E-state index in [2.05, 4.69) is 10.3 Å². The summed E-state index contributed by atoms with van der Waals surface area (Å²) in [6.45, 7) is 0.377. The summed E-state index contributed by atoms with van der Waals surface area (Å²) in [4.78, 5) is 16.9. The number of aromatic nitrogens is 3. The van der Waals surface area contributed by atoms with Gasteiger partial charge in [-0.1, -0.05) is 51.7 Å². The minimum Gasteiger partial charge on any atom is -0.370 e. The average Bonchev–Trinajstić information content (AvgIpc) is 3.56. The van der Waals surface area contributed by atoms with Gasteiger partial charge in [-0.25, -0.2) is 13.1 Å². The van der Waals surface area contributed by atoms with Crippen molar-refractivity contribution in [1.82, 2.24) is 20.0 Å². The molecule has 44 heavy (non-hydrogen) atoms. The molecule has 1 N–H and O–H groups in total. The highest BCUT2D eigenvalue weighted by atomic mass is 35.5. The van der Waals surface area contributed by atoms with Gasteiger partial charge in [0.15, 0.2) is 0 Å². The van der Waals surface area contributed by atoms with Crippen molar-refractivity contribution >= 4 is 39.1 Å². The Morgan fingerprint density at radius 2 is 1.64 bits per heavy atom. The molecule has 1 amide bonds. The number of nitrogens with one attached hydrogen (secondary N) is 1. The number of hydrogen-bond donors (Lipinski definition) is 1. The van der Waals surface area contributed by atoms with Gasteiger partial charge in [0.1, 0.15) is 11.5 Å². The summed E-state index contributed by atoms with van der Waals surface area (Å²) in [5.41, 5.74) is 2.68. The molecule has 0 spiro atoms. The number of rotatable bonds is 9. The number of sulfonamides is 1. The molecule has 0 saturated heterocycles. The average molecular weight is 658 g/mol. The summed E-state index contributed by atoms with van der Waals surface area (Å²) in [5, 5.41) is 9.68. The van der Waals surface area contributed by atoms with Crippen molar-refractivity contribution in [3.63, 3.8) is 0 Å². The first-order valence-corrected chi connectivity index (χ1v) is 17.2. The number of carbonyl (C=O) groups is 1. The largest absolute Gasteiger partial charge is 0.370 e. The van der Waals surface area contributed by atoms with E-state index in [4.69, 9.17) is 42.0 Å². The van der Waals surface area contributed by atoms with E-state index < -0.39 is 15.9 Å². The molecule has 13 heteroatoms. The molecule has 2 heterocycles. The summed E-state index contributed by atoms with van der Waals surface area (Å²) in [6.07, 6.45) is 8.25. The molecule has 2 aromatic carbocycles. The molecule has 0 radical (unpaired) electrons. The topological polar surface area (TPSA) is 137 Å². The zero-order chi connectivity index (χ0) is 30.7. The molecule has 4 saturated carbocycles. The smallest absolute Gasteiger partial charge is 0.264 e. The fourth-order valence-corrected chi connectivity index (χ4v) is 7.55. The quantitative estimate of drug-likeness (QED) is 0.205. The van der Waals surface area contributed by atoms with Crippen LogP contribution in [0.2, 0.25) is 10.0 Å². The van der Waals surface area contributed by atoms with Gasteiger partial charge in [0, 0.05) is 28.2 Å². The van der Waals surface area contributed by atoms with E-state index in [9.17, 15) is 13.2 Å². The first-order valence-electron chi connectivity index (χ1n) is 14.6. The van der Waals surface area contributed by atoms with Crippen LogP contribution in [0.3, 0.4) is 0 Å². The minimum absolute atomic E-state index is 0.210. The van der Waals surface area contributed by atoms with Gasteiger partial charge in [-0.05, 0) is 75.6 Å². The lowest BCUT2D eigenvalue weighted by atomic mass is 9.58. The second kappa shape index (κ2) is 11.0. The molecule has 0 atom stereocenters. The maximum atomic E-state index is 12.1. The Kier molecular flexibility index (Phi) is 7.35. The number of halogens is 2. The molecule has 230 valence electrons. The summed E-state index contributed by atoms with van der Waals surface area (Å²) in [5.74, 6) is 1.57. The third kappa shape index (κ3) is 5.55. The third-order valence-electron chi connectivity index (χ3n) is 9.23. The van der Waals surface area contributed by atoms with Crippen LogP contribution in [0.15, 0.2) is 51.5 Å². The van der Waals surface area contributed by atoms with Crippen LogP contribution in [0.25, 0.3) is 22.6 Å². The Morgan fingerprint density at radius 3 is 2.25 bits per heavy atom. The van der Waals surface area contributed by atoms with Gasteiger partial charge in [0.2, 0.25) is 21.7 Å². The summed E-state index contributed by atoms with van der Waals surface area (Å²) < 4.78 is 43.1. The van der Waals surface area contributed by atoms with Gasteiger partial charge in [-0.15, -0.1) is 0 Å². The number of fused-ring (bicyclic) bond motifs is 3. The van der Waals surface area contributed by atoms with Crippen LogP contribution in [0.1, 0.15) is 84.9 Å². The molecule has 0 aliphatic heterocycles. The maximum Gasteiger partial charge on any atom is 0.264 e. The lowest BCUT2D eigenvalue weighted by molar-refractivity contribution is -0.130. The first kappa shape index (κ1) is 29.5. The maximum absolute atomic E-state index is 12.1. The molecular weight excluding hydrogens is 627 g/mol. The highest BCUT2D eigenvalue weighted by molar-refractivity contribution is 7.89. The van der Waals surface area contributed by atoms with Gasteiger partial charge in [-0.3, -0.25) is 4.79 Å². The Balaban J connectivity index is 1.04. The lowest BCUT2D eigenvalue weighted by Gasteiger charge is -2.51. The predicted molar refractivity (Wildman–Crippen MR) is 163 cm³/mol. The van der Waals surface area contributed by atoms with Crippen LogP contribution in [0.5, 0.6) is 0 Å². The second-order valence-electron chi connectivity index (χ2n) is 12.2. The van der Waals surface area contributed by atoms with Crippen LogP contribution in [0, 0.1) is 0 Å². The fourth-order valence-electron chi connectivity index (χ4n) is 6.52. The van der Waals surface area contributed by atoms with Crippen molar-refractivity contribution in [2.75, 3.05) is 6.26 Å². The van der Waals surface area contributed by atoms with Crippen molar-refractivity contribution in [1.29, 1.82) is 0 Å². The van der Waals surface area contributed by atoms with Crippen molar-refractivity contribution < 1.29 is 27.0 Å². The number of carbonyl (C=O) groups excluding carboxylic acids is 1. The fraction of sp³-hybridized carbons (Fsp3) is 0.419. The van der Waals surface area contributed by atoms with Crippen LogP contribution in [-0.2, 0) is 26.8 Å². The monoisotopic (exact) mass is 656 g/mol. The van der Waals surface area contributed by atoms with Crippen molar-refractivity contribution in [3.8, 4) is 22.6 Å². The summed E-state index contributed by atoms with van der Waals surface area (Å²) >= 11 is 13.1. The van der Waals surface area contributed by atoms with Gasteiger partial charge in [-0.2, -0.15) is 4.98 Å². The normalized spacial score (nSPS) is 23.2. The van der Waals surface area contributed by atoms with Gasteiger partial charge < -0.3 is 13.8 Å². The molecule has 4 aliphatic carbocycles. The molecule has 4 aliphatic rings. The van der Waals surface area contributed by atoms with Gasteiger partial charge >= 0.3 is 0 Å². The molecule has 10 nitrogen and oxygen atoms in total. The molecule has 4 aromatic rings. The number of nitrogens with zero attached hydrogens (tertiary/aromatic N) is 3. The summed E-state index contributed by atoms with van der Waals surface area (Å²) in [6, 6.07) is 11.8. The standard InChI is InChI=1S/C31H30Cl2N4O6S/c1-44(39,40)37-28(38)20-9-7-19(8-10-20)27-34-29(43-36-27)30-11-14-31(15-12-30,16-13-30)41-17-21-25(35-42-26(21)18-5-6-18)24-22(32)3-2-4-23(24)33/h2-4,7-10,18H,5-6,11-17H2,1H3,(H,37,38). The van der Waals surface area contributed by atoms with Crippen LogP contribution < -0.4 is 4.72 Å². The SMILES string of the molecule is CS(=O)(=O)NC(=O)c1ccc(-c2noc(C34CCC(OCc5c(-c6c(Cl)cccc6Cl)noc5C5CC5)(CC3)CC4)n2)cc1. The Hall–Kier alpha value is -3.25. The third-order valence-corrected chi connectivity index (χ3v) is 10.4. The Bertz CT molecular complexity index is 1800. The highest BCUT2D eigenvalue weighted by Gasteiger charge is 2.53.